The lowest BCUT2D eigenvalue weighted by Gasteiger charge is -2.33. The van der Waals surface area contributed by atoms with Crippen LogP contribution in [0.25, 0.3) is 10.8 Å². The van der Waals surface area contributed by atoms with Crippen molar-refractivity contribution in [2.24, 2.45) is 11.7 Å². The Morgan fingerprint density at radius 2 is 1.71 bits per heavy atom. The molecule has 3 atom stereocenters. The van der Waals surface area contributed by atoms with Crippen molar-refractivity contribution in [3.63, 3.8) is 0 Å². The summed E-state index contributed by atoms with van der Waals surface area (Å²) in [5, 5.41) is 24.0. The summed E-state index contributed by atoms with van der Waals surface area (Å²) in [5.41, 5.74) is 5.88. The van der Waals surface area contributed by atoms with Gasteiger partial charge in [0.05, 0.1) is 11.3 Å². The number of guanidine groups is 1. The number of carbonyl (C=O) groups excluding carboxylic acids is 2. The zero-order valence-electron chi connectivity index (χ0n) is 22.8. The summed E-state index contributed by atoms with van der Waals surface area (Å²) in [6, 6.07) is 16.6. The van der Waals surface area contributed by atoms with Crippen molar-refractivity contribution < 1.29 is 27.9 Å². The predicted molar refractivity (Wildman–Crippen MR) is 157 cm³/mol. The lowest BCUT2D eigenvalue weighted by molar-refractivity contribution is -0.142. The van der Waals surface area contributed by atoms with E-state index in [2.05, 4.69) is 15.4 Å². The van der Waals surface area contributed by atoms with Crippen LogP contribution in [0.1, 0.15) is 30.9 Å². The minimum Gasteiger partial charge on any atom is -0.479 e. The second-order valence-corrected chi connectivity index (χ2v) is 11.9. The number of benzene rings is 3. The van der Waals surface area contributed by atoms with Crippen LogP contribution in [-0.2, 0) is 24.4 Å². The van der Waals surface area contributed by atoms with Gasteiger partial charge < -0.3 is 26.4 Å². The molecule has 0 bridgehead atoms. The highest BCUT2D eigenvalue weighted by Crippen LogP contribution is 2.20. The summed E-state index contributed by atoms with van der Waals surface area (Å²) in [6.45, 7) is 1.40. The topological polar surface area (TPSA) is 195 Å². The maximum Gasteiger partial charge on any atom is 0.330 e. The quantitative estimate of drug-likeness (QED) is 0.142. The lowest BCUT2D eigenvalue weighted by atomic mass is 9.98. The van der Waals surface area contributed by atoms with Crippen LogP contribution in [0.15, 0.2) is 77.7 Å². The number of aliphatic carboxylic acids is 1. The number of sulfonamides is 1. The number of nitrogens with two attached hydrogens (primary N) is 1. The number of piperidine rings is 1. The molecule has 1 aliphatic heterocycles. The fraction of sp³-hybridized carbons (Fsp3) is 0.310. The van der Waals surface area contributed by atoms with Gasteiger partial charge in [-0.15, -0.1) is 0 Å². The van der Waals surface area contributed by atoms with E-state index in [0.29, 0.717) is 18.5 Å². The average Bonchev–Trinajstić information content (AvgIpc) is 2.98. The Kier molecular flexibility index (Phi) is 9.76. The summed E-state index contributed by atoms with van der Waals surface area (Å²) in [6.07, 6.45) is 1.04. The van der Waals surface area contributed by atoms with Crippen LogP contribution in [0.3, 0.4) is 0 Å². The number of carboxylic acids is 1. The molecule has 13 heteroatoms. The maximum absolute atomic E-state index is 13.4. The summed E-state index contributed by atoms with van der Waals surface area (Å²) >= 11 is 0. The van der Waals surface area contributed by atoms with Crippen molar-refractivity contribution >= 4 is 44.5 Å². The molecule has 3 aromatic carbocycles. The second-order valence-electron chi connectivity index (χ2n) is 10.2. The van der Waals surface area contributed by atoms with E-state index in [-0.39, 0.29) is 28.9 Å². The van der Waals surface area contributed by atoms with Gasteiger partial charge in [0.2, 0.25) is 21.8 Å². The Morgan fingerprint density at radius 1 is 1.02 bits per heavy atom. The number of nitrogens with one attached hydrogen (secondary N) is 4. The molecule has 7 N–H and O–H groups in total. The largest absolute Gasteiger partial charge is 0.479 e. The van der Waals surface area contributed by atoms with Crippen molar-refractivity contribution in [3.8, 4) is 0 Å². The number of hydrogen-bond donors (Lipinski definition) is 6. The van der Waals surface area contributed by atoms with Gasteiger partial charge in [-0.3, -0.25) is 15.0 Å². The zero-order chi connectivity index (χ0) is 30.3. The van der Waals surface area contributed by atoms with Gasteiger partial charge in [-0.1, -0.05) is 60.7 Å². The normalized spacial score (nSPS) is 16.8. The first-order valence-electron chi connectivity index (χ1n) is 13.5. The molecule has 12 nitrogen and oxygen atoms in total. The van der Waals surface area contributed by atoms with Gasteiger partial charge in [-0.25, -0.2) is 13.2 Å². The average molecular weight is 595 g/mol. The van der Waals surface area contributed by atoms with E-state index in [9.17, 15) is 27.9 Å². The van der Waals surface area contributed by atoms with Gasteiger partial charge >= 0.3 is 5.97 Å². The Balaban J connectivity index is 1.53. The summed E-state index contributed by atoms with van der Waals surface area (Å²) < 4.78 is 29.1. The highest BCUT2D eigenvalue weighted by molar-refractivity contribution is 7.89. The molecule has 0 aliphatic carbocycles. The van der Waals surface area contributed by atoms with E-state index >= 15 is 0 Å². The van der Waals surface area contributed by atoms with Crippen LogP contribution in [0.2, 0.25) is 0 Å². The molecule has 0 spiro atoms. The number of hydrogen-bond acceptors (Lipinski definition) is 6. The molecule has 2 amide bonds. The van der Waals surface area contributed by atoms with E-state index in [1.807, 2.05) is 12.1 Å². The fourth-order valence-corrected chi connectivity index (χ4v) is 6.15. The zero-order valence-corrected chi connectivity index (χ0v) is 23.6. The Hall–Kier alpha value is -4.49. The first kappa shape index (κ1) is 30.5. The molecule has 0 saturated carbocycles. The van der Waals surface area contributed by atoms with Gasteiger partial charge in [-0.2, -0.15) is 4.72 Å². The number of likely N-dealkylation sites (tertiary alicyclic amines) is 1. The van der Waals surface area contributed by atoms with Gasteiger partial charge in [-0.05, 0) is 47.2 Å². The van der Waals surface area contributed by atoms with Crippen molar-refractivity contribution in [3.05, 3.63) is 78.4 Å². The molecule has 1 heterocycles. The number of nitrogens with zero attached hydrogens (tertiary/aromatic N) is 1. The monoisotopic (exact) mass is 594 g/mol. The first-order chi connectivity index (χ1) is 20.0. The van der Waals surface area contributed by atoms with Crippen LogP contribution in [0, 0.1) is 11.3 Å². The molecule has 1 saturated heterocycles. The van der Waals surface area contributed by atoms with Crippen molar-refractivity contribution in [2.45, 2.75) is 36.2 Å². The minimum atomic E-state index is -4.30. The molecule has 222 valence electrons. The number of carbonyl (C=O) groups is 3. The van der Waals surface area contributed by atoms with Crippen LogP contribution in [0.4, 0.5) is 0 Å². The molecular formula is C29H34N6O6S. The van der Waals surface area contributed by atoms with E-state index < -0.39 is 46.3 Å². The fourth-order valence-electron chi connectivity index (χ4n) is 4.92. The number of carboxylic acid groups (broad SMARTS) is 1. The molecule has 0 radical (unpaired) electrons. The number of amides is 2. The van der Waals surface area contributed by atoms with Gasteiger partial charge in [0.15, 0.2) is 12.0 Å². The van der Waals surface area contributed by atoms with Gasteiger partial charge in [0.25, 0.3) is 0 Å². The van der Waals surface area contributed by atoms with Gasteiger partial charge in [0, 0.05) is 19.6 Å². The molecular weight excluding hydrogens is 560 g/mol. The Bertz CT molecular complexity index is 1570. The molecule has 0 aromatic heterocycles. The molecule has 1 unspecified atom stereocenters. The predicted octanol–water partition coefficient (Wildman–Crippen LogP) is 1.54. The molecule has 1 fully saturated rings. The smallest absolute Gasteiger partial charge is 0.330 e. The van der Waals surface area contributed by atoms with E-state index in [0.717, 1.165) is 18.2 Å². The lowest BCUT2D eigenvalue weighted by Crippen LogP contribution is -2.51. The molecule has 3 aromatic rings. The van der Waals surface area contributed by atoms with Crippen molar-refractivity contribution in [1.82, 2.24) is 20.3 Å². The van der Waals surface area contributed by atoms with Crippen molar-refractivity contribution in [1.29, 1.82) is 5.41 Å². The standard InChI is InChI=1S/C29H34N6O6S/c30-29(31)35-14-6-7-19(18-35)17-32-25(36)16-24(27(37)33-26(28(38)39)21-9-2-1-3-10-21)34-42(40,41)23-13-12-20-8-4-5-11-22(20)15-23/h1-5,8-13,15,19,24,26,34H,6-7,14,16-18H2,(H3,30,31)(H,32,36)(H,33,37)(H,38,39)/t19-,24-,26?/m0/s1. The number of rotatable bonds is 11. The van der Waals surface area contributed by atoms with E-state index in [1.165, 1.54) is 24.3 Å². The van der Waals surface area contributed by atoms with Crippen LogP contribution < -0.4 is 21.1 Å². The van der Waals surface area contributed by atoms with Crippen LogP contribution >= 0.6 is 0 Å². The molecule has 42 heavy (non-hydrogen) atoms. The third kappa shape index (κ3) is 7.83. The summed E-state index contributed by atoms with van der Waals surface area (Å²) in [5.74, 6) is -2.93. The van der Waals surface area contributed by atoms with Crippen molar-refractivity contribution in [2.75, 3.05) is 19.6 Å². The second kappa shape index (κ2) is 13.4. The Labute approximate surface area is 243 Å². The van der Waals surface area contributed by atoms with Gasteiger partial charge in [0.1, 0.15) is 6.04 Å². The van der Waals surface area contributed by atoms with E-state index in [1.54, 1.807) is 41.3 Å². The third-order valence-electron chi connectivity index (χ3n) is 7.15. The molecule has 1 aliphatic rings. The highest BCUT2D eigenvalue weighted by atomic mass is 32.2. The Morgan fingerprint density at radius 3 is 2.40 bits per heavy atom. The summed E-state index contributed by atoms with van der Waals surface area (Å²) in [4.78, 5) is 40.0. The SMILES string of the molecule is N=C(N)N1CCC[C@@H](CNC(=O)C[C@H](NS(=O)(=O)c2ccc3ccccc3c2)C(=O)NC(C(=O)O)c2ccccc2)C1. The van der Waals surface area contributed by atoms with Crippen LogP contribution in [0.5, 0.6) is 0 Å². The third-order valence-corrected chi connectivity index (χ3v) is 8.62. The maximum atomic E-state index is 13.4. The number of fused-ring (bicyclic) bond motifs is 1. The molecule has 4 rings (SSSR count). The van der Waals surface area contributed by atoms with E-state index in [4.69, 9.17) is 11.1 Å². The summed E-state index contributed by atoms with van der Waals surface area (Å²) in [7, 11) is -4.30. The first-order valence-corrected chi connectivity index (χ1v) is 15.0. The van der Waals surface area contributed by atoms with Crippen LogP contribution in [-0.4, -0.2) is 67.8 Å². The minimum absolute atomic E-state index is 0.0163. The highest BCUT2D eigenvalue weighted by Gasteiger charge is 2.32.